The number of benzene rings is 3. The van der Waals surface area contributed by atoms with Crippen LogP contribution in [0.2, 0.25) is 0 Å². The summed E-state index contributed by atoms with van der Waals surface area (Å²) in [6, 6.07) is 18.5. The summed E-state index contributed by atoms with van der Waals surface area (Å²) < 4.78 is 35.9. The van der Waals surface area contributed by atoms with Gasteiger partial charge in [0.15, 0.2) is 0 Å². The SMILES string of the molecule is COc1cc(-n2c(C)nc3ccccc3c2=O)ccc1NS(=O)(=O)c1ccc(I)cc1. The Hall–Kier alpha value is -2.92. The van der Waals surface area contributed by atoms with Gasteiger partial charge in [-0.3, -0.25) is 14.1 Å². The molecule has 4 rings (SSSR count). The van der Waals surface area contributed by atoms with Gasteiger partial charge in [-0.1, -0.05) is 12.1 Å². The number of rotatable bonds is 5. The molecule has 0 atom stereocenters. The van der Waals surface area contributed by atoms with Crippen LogP contribution >= 0.6 is 22.6 Å². The Morgan fingerprint density at radius 2 is 1.74 bits per heavy atom. The molecule has 0 spiro atoms. The highest BCUT2D eigenvalue weighted by Gasteiger charge is 2.18. The fourth-order valence-corrected chi connectivity index (χ4v) is 4.70. The van der Waals surface area contributed by atoms with Gasteiger partial charge in [0.25, 0.3) is 15.6 Å². The lowest BCUT2D eigenvalue weighted by molar-refractivity contribution is 0.416. The summed E-state index contributed by atoms with van der Waals surface area (Å²) in [5, 5.41) is 0.496. The lowest BCUT2D eigenvalue weighted by Gasteiger charge is -2.15. The number of sulfonamides is 1. The van der Waals surface area contributed by atoms with Gasteiger partial charge in [0.05, 0.1) is 34.3 Å². The zero-order valence-corrected chi connectivity index (χ0v) is 19.6. The van der Waals surface area contributed by atoms with Crippen molar-refractivity contribution in [1.29, 1.82) is 0 Å². The first-order valence-corrected chi connectivity index (χ1v) is 11.8. The third kappa shape index (κ3) is 4.15. The molecule has 31 heavy (non-hydrogen) atoms. The Balaban J connectivity index is 1.77. The van der Waals surface area contributed by atoms with Gasteiger partial charge < -0.3 is 4.74 Å². The molecule has 4 aromatic rings. The number of aryl methyl sites for hydroxylation is 1. The number of nitrogens with zero attached hydrogens (tertiary/aromatic N) is 2. The van der Waals surface area contributed by atoms with Gasteiger partial charge in [-0.2, -0.15) is 0 Å². The van der Waals surface area contributed by atoms with Crippen LogP contribution in [0.25, 0.3) is 16.6 Å². The normalized spacial score (nSPS) is 11.5. The number of ether oxygens (including phenoxy) is 1. The lowest BCUT2D eigenvalue weighted by atomic mass is 10.2. The minimum Gasteiger partial charge on any atom is -0.494 e. The molecule has 0 saturated heterocycles. The Morgan fingerprint density at radius 1 is 1.03 bits per heavy atom. The monoisotopic (exact) mass is 547 g/mol. The van der Waals surface area contributed by atoms with Crippen molar-refractivity contribution in [1.82, 2.24) is 9.55 Å². The summed E-state index contributed by atoms with van der Waals surface area (Å²) in [4.78, 5) is 17.7. The van der Waals surface area contributed by atoms with Crippen molar-refractivity contribution < 1.29 is 13.2 Å². The topological polar surface area (TPSA) is 90.3 Å². The van der Waals surface area contributed by atoms with Gasteiger partial charge in [0.2, 0.25) is 0 Å². The fourth-order valence-electron chi connectivity index (χ4n) is 3.27. The van der Waals surface area contributed by atoms with E-state index in [0.717, 1.165) is 3.57 Å². The van der Waals surface area contributed by atoms with Crippen molar-refractivity contribution in [3.8, 4) is 11.4 Å². The average molecular weight is 547 g/mol. The molecule has 1 heterocycles. The molecule has 0 aliphatic rings. The summed E-state index contributed by atoms with van der Waals surface area (Å²) >= 11 is 2.11. The van der Waals surface area contributed by atoms with E-state index in [0.29, 0.717) is 22.4 Å². The molecule has 158 valence electrons. The maximum absolute atomic E-state index is 13.0. The van der Waals surface area contributed by atoms with Crippen LogP contribution in [0.4, 0.5) is 5.69 Å². The summed E-state index contributed by atoms with van der Waals surface area (Å²) in [7, 11) is -2.36. The van der Waals surface area contributed by atoms with Gasteiger partial charge in [-0.05, 0) is 78.0 Å². The average Bonchev–Trinajstić information content (AvgIpc) is 2.74. The van der Waals surface area contributed by atoms with Crippen molar-refractivity contribution in [3.63, 3.8) is 0 Å². The second-order valence-electron chi connectivity index (χ2n) is 6.76. The highest BCUT2D eigenvalue weighted by atomic mass is 127. The van der Waals surface area contributed by atoms with Crippen LogP contribution in [-0.2, 0) is 10.0 Å². The fraction of sp³-hybridized carbons (Fsp3) is 0.0909. The van der Waals surface area contributed by atoms with E-state index >= 15 is 0 Å². The van der Waals surface area contributed by atoms with E-state index in [1.807, 2.05) is 6.07 Å². The third-order valence-electron chi connectivity index (χ3n) is 4.75. The van der Waals surface area contributed by atoms with Crippen molar-refractivity contribution >= 4 is 49.2 Å². The molecule has 0 fully saturated rings. The first-order valence-electron chi connectivity index (χ1n) is 9.25. The van der Waals surface area contributed by atoms with Gasteiger partial charge in [-0.15, -0.1) is 0 Å². The van der Waals surface area contributed by atoms with Crippen LogP contribution in [0.5, 0.6) is 5.75 Å². The maximum Gasteiger partial charge on any atom is 0.265 e. The van der Waals surface area contributed by atoms with Gasteiger partial charge >= 0.3 is 0 Å². The molecule has 7 nitrogen and oxygen atoms in total. The molecule has 9 heteroatoms. The number of aromatic nitrogens is 2. The lowest BCUT2D eigenvalue weighted by Crippen LogP contribution is -2.22. The summed E-state index contributed by atoms with van der Waals surface area (Å²) in [5.41, 5.74) is 1.20. The Bertz CT molecular complexity index is 1450. The molecule has 3 aromatic carbocycles. The molecule has 1 aromatic heterocycles. The van der Waals surface area contributed by atoms with Crippen LogP contribution in [0.3, 0.4) is 0 Å². The summed E-state index contributed by atoms with van der Waals surface area (Å²) in [6.07, 6.45) is 0. The predicted molar refractivity (Wildman–Crippen MR) is 129 cm³/mol. The highest BCUT2D eigenvalue weighted by molar-refractivity contribution is 14.1. The molecule has 0 saturated carbocycles. The van der Waals surface area contributed by atoms with E-state index in [9.17, 15) is 13.2 Å². The molecule has 0 unspecified atom stereocenters. The standard InChI is InChI=1S/C22H18IN3O4S/c1-14-24-19-6-4-3-5-18(19)22(27)26(14)16-9-12-20(21(13-16)30-2)25-31(28,29)17-10-7-15(23)8-11-17/h3-13,25H,1-2H3. The second-order valence-corrected chi connectivity index (χ2v) is 9.69. The number of fused-ring (bicyclic) bond motifs is 1. The van der Waals surface area contributed by atoms with Gasteiger partial charge in [0.1, 0.15) is 11.6 Å². The van der Waals surface area contributed by atoms with Gasteiger partial charge in [0, 0.05) is 9.64 Å². The number of halogens is 1. The zero-order valence-electron chi connectivity index (χ0n) is 16.7. The quantitative estimate of drug-likeness (QED) is 0.380. The van der Waals surface area contributed by atoms with Gasteiger partial charge in [-0.25, -0.2) is 13.4 Å². The Morgan fingerprint density at radius 3 is 2.45 bits per heavy atom. The Labute approximate surface area is 192 Å². The molecule has 0 bridgehead atoms. The summed E-state index contributed by atoms with van der Waals surface area (Å²) in [6.45, 7) is 1.74. The molecule has 0 aliphatic carbocycles. The largest absolute Gasteiger partial charge is 0.494 e. The van der Waals surface area contributed by atoms with Crippen molar-refractivity contribution in [3.05, 3.63) is 86.5 Å². The first-order chi connectivity index (χ1) is 14.8. The van der Waals surface area contributed by atoms with Crippen molar-refractivity contribution in [2.75, 3.05) is 11.8 Å². The van der Waals surface area contributed by atoms with Crippen molar-refractivity contribution in [2.24, 2.45) is 0 Å². The van der Waals surface area contributed by atoms with Crippen LogP contribution in [-0.4, -0.2) is 25.1 Å². The number of hydrogen-bond acceptors (Lipinski definition) is 5. The van der Waals surface area contributed by atoms with Crippen LogP contribution in [0, 0.1) is 10.5 Å². The minimum atomic E-state index is -3.80. The smallest absolute Gasteiger partial charge is 0.265 e. The van der Waals surface area contributed by atoms with Crippen molar-refractivity contribution in [2.45, 2.75) is 11.8 Å². The van der Waals surface area contributed by atoms with Crippen LogP contribution in [0.15, 0.2) is 76.4 Å². The third-order valence-corrected chi connectivity index (χ3v) is 6.86. The van der Waals surface area contributed by atoms with E-state index in [1.165, 1.54) is 23.8 Å². The molecular weight excluding hydrogens is 529 g/mol. The van der Waals surface area contributed by atoms with E-state index in [1.54, 1.807) is 55.5 Å². The first kappa shape index (κ1) is 21.3. The number of methoxy groups -OCH3 is 1. The van der Waals surface area contributed by atoms with E-state index in [4.69, 9.17) is 4.74 Å². The second kappa shape index (κ2) is 8.31. The number of hydrogen-bond donors (Lipinski definition) is 1. The van der Waals surface area contributed by atoms with E-state index < -0.39 is 10.0 Å². The maximum atomic E-state index is 13.0. The minimum absolute atomic E-state index is 0.143. The predicted octanol–water partition coefficient (Wildman–Crippen LogP) is 4.11. The summed E-state index contributed by atoms with van der Waals surface area (Å²) in [5.74, 6) is 0.795. The Kier molecular flexibility index (Phi) is 5.71. The number of anilines is 1. The molecule has 0 amide bonds. The van der Waals surface area contributed by atoms with Crippen LogP contribution < -0.4 is 15.0 Å². The zero-order chi connectivity index (χ0) is 22.2. The molecule has 0 radical (unpaired) electrons. The molecule has 1 N–H and O–H groups in total. The van der Waals surface area contributed by atoms with E-state index in [2.05, 4.69) is 32.3 Å². The highest BCUT2D eigenvalue weighted by Crippen LogP contribution is 2.29. The molecular formula is C22H18IN3O4S. The number of para-hydroxylation sites is 1. The van der Waals surface area contributed by atoms with E-state index in [-0.39, 0.29) is 21.9 Å². The van der Waals surface area contributed by atoms with Crippen LogP contribution in [0.1, 0.15) is 5.82 Å². The number of nitrogens with one attached hydrogen (secondary N) is 1. The molecule has 0 aliphatic heterocycles.